The van der Waals surface area contributed by atoms with Gasteiger partial charge in [-0.1, -0.05) is 54.6 Å². The summed E-state index contributed by atoms with van der Waals surface area (Å²) in [5, 5.41) is 4.01. The van der Waals surface area contributed by atoms with Gasteiger partial charge in [0.1, 0.15) is 5.76 Å². The Labute approximate surface area is 156 Å². The van der Waals surface area contributed by atoms with Crippen LogP contribution in [0.1, 0.15) is 11.1 Å². The summed E-state index contributed by atoms with van der Waals surface area (Å²) in [4.78, 5) is 17.0. The molecule has 0 atom stereocenters. The van der Waals surface area contributed by atoms with Crippen molar-refractivity contribution >= 4 is 16.8 Å². The first-order valence-electron chi connectivity index (χ1n) is 9.09. The molecule has 0 amide bonds. The highest BCUT2D eigenvalue weighted by Gasteiger charge is 2.21. The maximum atomic E-state index is 12.6. The molecule has 5 rings (SSSR count). The van der Waals surface area contributed by atoms with Gasteiger partial charge in [-0.25, -0.2) is 4.98 Å². The van der Waals surface area contributed by atoms with E-state index in [-0.39, 0.29) is 5.43 Å². The fourth-order valence-electron chi connectivity index (χ4n) is 3.76. The number of fused-ring (bicyclic) bond motifs is 2. The van der Waals surface area contributed by atoms with Gasteiger partial charge < -0.3 is 9.73 Å². The molecule has 1 aliphatic carbocycles. The summed E-state index contributed by atoms with van der Waals surface area (Å²) < 4.78 is 5.87. The van der Waals surface area contributed by atoms with E-state index in [9.17, 15) is 4.79 Å². The molecule has 2 aromatic carbocycles. The van der Waals surface area contributed by atoms with Crippen molar-refractivity contribution in [2.45, 2.75) is 18.9 Å². The van der Waals surface area contributed by atoms with Crippen molar-refractivity contribution in [3.05, 3.63) is 94.3 Å². The van der Waals surface area contributed by atoms with Crippen LogP contribution in [0.2, 0.25) is 0 Å². The normalized spacial score (nSPS) is 13.6. The van der Waals surface area contributed by atoms with Gasteiger partial charge in [0, 0.05) is 17.7 Å². The molecule has 2 aromatic heterocycles. The van der Waals surface area contributed by atoms with Gasteiger partial charge in [0.2, 0.25) is 5.71 Å². The second kappa shape index (κ2) is 6.40. The lowest BCUT2D eigenvalue weighted by Crippen LogP contribution is -2.19. The molecule has 1 aliphatic rings. The molecule has 1 N–H and O–H groups in total. The maximum absolute atomic E-state index is 12.6. The molecule has 132 valence electrons. The first-order chi connectivity index (χ1) is 13.3. The molecule has 0 saturated heterocycles. The second-order valence-electron chi connectivity index (χ2n) is 6.94. The van der Waals surface area contributed by atoms with Gasteiger partial charge in [-0.15, -0.1) is 0 Å². The van der Waals surface area contributed by atoms with Gasteiger partial charge >= 0.3 is 0 Å². The Morgan fingerprint density at radius 1 is 0.926 bits per heavy atom. The number of aromatic nitrogens is 1. The van der Waals surface area contributed by atoms with Crippen molar-refractivity contribution < 1.29 is 4.42 Å². The molecule has 2 heterocycles. The molecule has 0 aliphatic heterocycles. The van der Waals surface area contributed by atoms with Crippen LogP contribution >= 0.6 is 0 Å². The Kier molecular flexibility index (Phi) is 3.75. The summed E-state index contributed by atoms with van der Waals surface area (Å²) in [5.74, 6) is 0.535. The van der Waals surface area contributed by atoms with Gasteiger partial charge in [0.15, 0.2) is 5.43 Å². The van der Waals surface area contributed by atoms with Crippen molar-refractivity contribution in [3.8, 4) is 11.3 Å². The number of benzene rings is 2. The molecular formula is C23H18N2O2. The Hall–Kier alpha value is -3.40. The van der Waals surface area contributed by atoms with Gasteiger partial charge in [0.05, 0.1) is 17.3 Å². The van der Waals surface area contributed by atoms with E-state index in [2.05, 4.69) is 34.6 Å². The lowest BCUT2D eigenvalue weighted by Gasteiger charge is -2.13. The SMILES string of the molecule is O=c1cc(-c2ccccc2)oc2ncc(NC3Cc4ccccc4C3)cc12. The van der Waals surface area contributed by atoms with Gasteiger partial charge in [-0.2, -0.15) is 0 Å². The number of anilines is 1. The number of rotatable bonds is 3. The Bertz CT molecular complexity index is 1160. The third-order valence-corrected chi connectivity index (χ3v) is 5.07. The van der Waals surface area contributed by atoms with Crippen LogP contribution in [-0.4, -0.2) is 11.0 Å². The molecule has 0 fully saturated rings. The topological polar surface area (TPSA) is 55.1 Å². The highest BCUT2D eigenvalue weighted by atomic mass is 16.3. The Morgan fingerprint density at radius 2 is 1.63 bits per heavy atom. The summed E-state index contributed by atoms with van der Waals surface area (Å²) in [6, 6.07) is 21.8. The summed E-state index contributed by atoms with van der Waals surface area (Å²) in [6.07, 6.45) is 3.70. The molecule has 0 radical (unpaired) electrons. The molecule has 0 saturated carbocycles. The van der Waals surface area contributed by atoms with Crippen molar-refractivity contribution in [1.29, 1.82) is 0 Å². The standard InChI is InChI=1S/C23H18N2O2/c26-21-13-22(15-6-2-1-3-7-15)27-23-20(21)12-19(14-24-23)25-18-10-16-8-4-5-9-17(16)11-18/h1-9,12-14,18,25H,10-11H2. The van der Waals surface area contributed by atoms with Crippen LogP contribution in [0, 0.1) is 0 Å². The fraction of sp³-hybridized carbons (Fsp3) is 0.130. The lowest BCUT2D eigenvalue weighted by molar-refractivity contribution is 0.605. The van der Waals surface area contributed by atoms with Gasteiger partial charge in [-0.3, -0.25) is 4.79 Å². The van der Waals surface area contributed by atoms with Crippen LogP contribution in [0.5, 0.6) is 0 Å². The van der Waals surface area contributed by atoms with Crippen molar-refractivity contribution in [2.75, 3.05) is 5.32 Å². The molecule has 27 heavy (non-hydrogen) atoms. The largest absolute Gasteiger partial charge is 0.437 e. The van der Waals surface area contributed by atoms with Crippen LogP contribution in [0.25, 0.3) is 22.4 Å². The second-order valence-corrected chi connectivity index (χ2v) is 6.94. The highest BCUT2D eigenvalue weighted by molar-refractivity contribution is 5.78. The van der Waals surface area contributed by atoms with E-state index in [1.807, 2.05) is 36.4 Å². The van der Waals surface area contributed by atoms with Gasteiger partial charge in [-0.05, 0) is 30.0 Å². The summed E-state index contributed by atoms with van der Waals surface area (Å²) >= 11 is 0. The Balaban J connectivity index is 1.45. The number of nitrogens with zero attached hydrogens (tertiary/aromatic N) is 1. The Morgan fingerprint density at radius 3 is 2.37 bits per heavy atom. The van der Waals surface area contributed by atoms with E-state index < -0.39 is 0 Å². The number of nitrogens with one attached hydrogen (secondary N) is 1. The van der Waals surface area contributed by atoms with Crippen molar-refractivity contribution in [1.82, 2.24) is 4.98 Å². The molecule has 0 unspecified atom stereocenters. The molecule has 4 nitrogen and oxygen atoms in total. The first kappa shape index (κ1) is 15.8. The predicted molar refractivity (Wildman–Crippen MR) is 107 cm³/mol. The van der Waals surface area contributed by atoms with Crippen molar-refractivity contribution in [3.63, 3.8) is 0 Å². The van der Waals surface area contributed by atoms with Crippen molar-refractivity contribution in [2.24, 2.45) is 0 Å². The smallest absolute Gasteiger partial charge is 0.230 e. The fourth-order valence-corrected chi connectivity index (χ4v) is 3.76. The molecule has 4 heteroatoms. The zero-order valence-corrected chi connectivity index (χ0v) is 14.7. The number of hydrogen-bond donors (Lipinski definition) is 1. The summed E-state index contributed by atoms with van der Waals surface area (Å²) in [6.45, 7) is 0. The minimum Gasteiger partial charge on any atom is -0.437 e. The zero-order valence-electron chi connectivity index (χ0n) is 14.7. The number of pyridine rings is 1. The first-order valence-corrected chi connectivity index (χ1v) is 9.09. The quantitative estimate of drug-likeness (QED) is 0.591. The average molecular weight is 354 g/mol. The molecular weight excluding hydrogens is 336 g/mol. The van der Waals surface area contributed by atoms with Gasteiger partial charge in [0.25, 0.3) is 0 Å². The minimum absolute atomic E-state index is 0.0824. The van der Waals surface area contributed by atoms with E-state index in [0.717, 1.165) is 24.1 Å². The van der Waals surface area contributed by atoms with Crippen LogP contribution in [0.4, 0.5) is 5.69 Å². The van der Waals surface area contributed by atoms with Crippen LogP contribution < -0.4 is 10.7 Å². The molecule has 0 spiro atoms. The minimum atomic E-state index is -0.0824. The monoisotopic (exact) mass is 354 g/mol. The number of hydrogen-bond acceptors (Lipinski definition) is 4. The average Bonchev–Trinajstić information content (AvgIpc) is 3.11. The third-order valence-electron chi connectivity index (χ3n) is 5.07. The van der Waals surface area contributed by atoms with Crippen LogP contribution in [-0.2, 0) is 12.8 Å². The summed E-state index contributed by atoms with van der Waals surface area (Å²) in [5.41, 5.74) is 4.76. The van der Waals surface area contributed by atoms with E-state index in [1.54, 1.807) is 6.20 Å². The maximum Gasteiger partial charge on any atom is 0.230 e. The van der Waals surface area contributed by atoms with E-state index in [1.165, 1.54) is 17.2 Å². The summed E-state index contributed by atoms with van der Waals surface area (Å²) in [7, 11) is 0. The van der Waals surface area contributed by atoms with E-state index in [0.29, 0.717) is 22.9 Å². The van der Waals surface area contributed by atoms with Crippen LogP contribution in [0.3, 0.4) is 0 Å². The zero-order chi connectivity index (χ0) is 18.2. The third kappa shape index (κ3) is 2.99. The van der Waals surface area contributed by atoms with Crippen LogP contribution in [0.15, 0.2) is 82.1 Å². The predicted octanol–water partition coefficient (Wildman–Crippen LogP) is 4.43. The molecule has 0 bridgehead atoms. The van der Waals surface area contributed by atoms with E-state index >= 15 is 0 Å². The highest BCUT2D eigenvalue weighted by Crippen LogP contribution is 2.26. The molecule has 4 aromatic rings. The van der Waals surface area contributed by atoms with E-state index in [4.69, 9.17) is 4.42 Å². The lowest BCUT2D eigenvalue weighted by atomic mass is 10.1.